The van der Waals surface area contributed by atoms with Crippen molar-refractivity contribution in [2.45, 2.75) is 19.9 Å². The number of hydrogen-bond donors (Lipinski definition) is 1. The smallest absolute Gasteiger partial charge is 0.244 e. The standard InChI is InChI=1S/C13H16N2O/c1-3-4-5-9-13(16)15-11(2)12-8-6-7-10-14-12/h3-11H,1-2H3,(H,15,16)/b4-3+,9-5+. The molecule has 0 fully saturated rings. The second-order valence-corrected chi connectivity index (χ2v) is 3.37. The molecule has 1 amide bonds. The average molecular weight is 216 g/mol. The van der Waals surface area contributed by atoms with Crippen LogP contribution in [0.25, 0.3) is 0 Å². The predicted octanol–water partition coefficient (Wildman–Crippen LogP) is 2.39. The van der Waals surface area contributed by atoms with E-state index in [1.54, 1.807) is 12.3 Å². The molecule has 0 aliphatic heterocycles. The molecular weight excluding hydrogens is 200 g/mol. The quantitative estimate of drug-likeness (QED) is 0.620. The molecule has 1 atom stereocenters. The van der Waals surface area contributed by atoms with Crippen LogP contribution in [0.3, 0.4) is 0 Å². The van der Waals surface area contributed by atoms with Crippen molar-refractivity contribution < 1.29 is 4.79 Å². The molecule has 1 heterocycles. The molecule has 1 rings (SSSR count). The van der Waals surface area contributed by atoms with Crippen LogP contribution in [0.2, 0.25) is 0 Å². The van der Waals surface area contributed by atoms with Crippen molar-refractivity contribution in [3.05, 3.63) is 54.4 Å². The highest BCUT2D eigenvalue weighted by atomic mass is 16.1. The Kier molecular flexibility index (Phi) is 4.99. The molecule has 0 bridgehead atoms. The Morgan fingerprint density at radius 3 is 2.88 bits per heavy atom. The molecule has 3 heteroatoms. The Hall–Kier alpha value is -1.90. The highest BCUT2D eigenvalue weighted by molar-refractivity contribution is 5.88. The number of rotatable bonds is 4. The van der Waals surface area contributed by atoms with Gasteiger partial charge in [0.1, 0.15) is 0 Å². The lowest BCUT2D eigenvalue weighted by Gasteiger charge is -2.11. The van der Waals surface area contributed by atoms with Gasteiger partial charge in [0.25, 0.3) is 0 Å². The summed E-state index contributed by atoms with van der Waals surface area (Å²) < 4.78 is 0. The summed E-state index contributed by atoms with van der Waals surface area (Å²) in [6.45, 7) is 3.81. The van der Waals surface area contributed by atoms with Crippen molar-refractivity contribution in [2.75, 3.05) is 0 Å². The van der Waals surface area contributed by atoms with Gasteiger partial charge < -0.3 is 5.32 Å². The summed E-state index contributed by atoms with van der Waals surface area (Å²) in [5.41, 5.74) is 0.857. The summed E-state index contributed by atoms with van der Waals surface area (Å²) in [5.74, 6) is -0.115. The zero-order valence-electron chi connectivity index (χ0n) is 9.55. The zero-order valence-corrected chi connectivity index (χ0v) is 9.55. The summed E-state index contributed by atoms with van der Waals surface area (Å²) in [6.07, 6.45) is 8.60. The van der Waals surface area contributed by atoms with Crippen LogP contribution in [0.4, 0.5) is 0 Å². The molecule has 3 nitrogen and oxygen atoms in total. The molecule has 0 spiro atoms. The third-order valence-electron chi connectivity index (χ3n) is 2.04. The van der Waals surface area contributed by atoms with Crippen molar-refractivity contribution in [2.24, 2.45) is 0 Å². The second kappa shape index (κ2) is 6.56. The van der Waals surface area contributed by atoms with E-state index in [1.165, 1.54) is 6.08 Å². The van der Waals surface area contributed by atoms with Crippen LogP contribution in [0.1, 0.15) is 25.6 Å². The van der Waals surface area contributed by atoms with Crippen LogP contribution >= 0.6 is 0 Å². The fourth-order valence-corrected chi connectivity index (χ4v) is 1.22. The van der Waals surface area contributed by atoms with Gasteiger partial charge in [-0.25, -0.2) is 0 Å². The van der Waals surface area contributed by atoms with Gasteiger partial charge in [0.2, 0.25) is 5.91 Å². The number of carbonyl (C=O) groups excluding carboxylic acids is 1. The minimum Gasteiger partial charge on any atom is -0.344 e. The number of nitrogens with one attached hydrogen (secondary N) is 1. The van der Waals surface area contributed by atoms with Gasteiger partial charge in [0.15, 0.2) is 0 Å². The normalized spacial score (nSPS) is 13.1. The number of allylic oxidation sites excluding steroid dienone is 3. The van der Waals surface area contributed by atoms with E-state index in [2.05, 4.69) is 10.3 Å². The van der Waals surface area contributed by atoms with E-state index in [1.807, 2.05) is 44.2 Å². The lowest BCUT2D eigenvalue weighted by atomic mass is 10.2. The molecule has 16 heavy (non-hydrogen) atoms. The Balaban J connectivity index is 2.52. The first-order chi connectivity index (χ1) is 7.74. The van der Waals surface area contributed by atoms with E-state index in [9.17, 15) is 4.79 Å². The number of amides is 1. The molecule has 1 aromatic heterocycles. The lowest BCUT2D eigenvalue weighted by molar-refractivity contribution is -0.117. The highest BCUT2D eigenvalue weighted by Gasteiger charge is 2.07. The lowest BCUT2D eigenvalue weighted by Crippen LogP contribution is -2.25. The van der Waals surface area contributed by atoms with Crippen LogP contribution in [0.5, 0.6) is 0 Å². The van der Waals surface area contributed by atoms with Gasteiger partial charge >= 0.3 is 0 Å². The minimum atomic E-state index is -0.115. The van der Waals surface area contributed by atoms with Crippen molar-refractivity contribution in [3.63, 3.8) is 0 Å². The first kappa shape index (κ1) is 12.2. The van der Waals surface area contributed by atoms with E-state index >= 15 is 0 Å². The largest absolute Gasteiger partial charge is 0.344 e. The monoisotopic (exact) mass is 216 g/mol. The van der Waals surface area contributed by atoms with Crippen molar-refractivity contribution >= 4 is 5.91 Å². The van der Waals surface area contributed by atoms with Crippen LogP contribution < -0.4 is 5.32 Å². The fourth-order valence-electron chi connectivity index (χ4n) is 1.22. The molecule has 0 aliphatic carbocycles. The van der Waals surface area contributed by atoms with Gasteiger partial charge in [0.05, 0.1) is 11.7 Å². The topological polar surface area (TPSA) is 42.0 Å². The molecule has 84 valence electrons. The maximum Gasteiger partial charge on any atom is 0.244 e. The Morgan fingerprint density at radius 2 is 2.25 bits per heavy atom. The van der Waals surface area contributed by atoms with Crippen molar-refractivity contribution in [1.82, 2.24) is 10.3 Å². The summed E-state index contributed by atoms with van der Waals surface area (Å²) in [6, 6.07) is 5.56. The van der Waals surface area contributed by atoms with Gasteiger partial charge in [0, 0.05) is 12.3 Å². The number of hydrogen-bond acceptors (Lipinski definition) is 2. The Bertz CT molecular complexity index is 382. The Morgan fingerprint density at radius 1 is 1.44 bits per heavy atom. The molecule has 1 N–H and O–H groups in total. The minimum absolute atomic E-state index is 0.0797. The zero-order chi connectivity index (χ0) is 11.8. The number of pyridine rings is 1. The third-order valence-corrected chi connectivity index (χ3v) is 2.04. The van der Waals surface area contributed by atoms with Crippen molar-refractivity contribution in [1.29, 1.82) is 0 Å². The van der Waals surface area contributed by atoms with Crippen LogP contribution in [-0.2, 0) is 4.79 Å². The Labute approximate surface area is 95.9 Å². The van der Waals surface area contributed by atoms with Gasteiger partial charge in [-0.1, -0.05) is 24.3 Å². The fraction of sp³-hybridized carbons (Fsp3) is 0.231. The first-order valence-electron chi connectivity index (χ1n) is 5.25. The number of aromatic nitrogens is 1. The number of carbonyl (C=O) groups is 1. The highest BCUT2D eigenvalue weighted by Crippen LogP contribution is 2.07. The van der Waals surface area contributed by atoms with Gasteiger partial charge in [-0.05, 0) is 26.0 Å². The second-order valence-electron chi connectivity index (χ2n) is 3.37. The summed E-state index contributed by atoms with van der Waals surface area (Å²) in [4.78, 5) is 15.6. The van der Waals surface area contributed by atoms with Crippen molar-refractivity contribution in [3.8, 4) is 0 Å². The molecule has 0 aliphatic rings. The summed E-state index contributed by atoms with van der Waals surface area (Å²) in [5, 5.41) is 2.83. The molecule has 0 radical (unpaired) electrons. The van der Waals surface area contributed by atoms with E-state index in [0.717, 1.165) is 5.69 Å². The SMILES string of the molecule is C/C=C/C=C/C(=O)NC(C)c1ccccn1. The van der Waals surface area contributed by atoms with Crippen LogP contribution in [0, 0.1) is 0 Å². The van der Waals surface area contributed by atoms with E-state index < -0.39 is 0 Å². The molecule has 0 aromatic carbocycles. The molecule has 1 unspecified atom stereocenters. The van der Waals surface area contributed by atoms with E-state index in [-0.39, 0.29) is 11.9 Å². The van der Waals surface area contributed by atoms with Crippen LogP contribution in [0.15, 0.2) is 48.7 Å². The van der Waals surface area contributed by atoms with Gasteiger partial charge in [-0.2, -0.15) is 0 Å². The summed E-state index contributed by atoms with van der Waals surface area (Å²) in [7, 11) is 0. The maximum atomic E-state index is 11.4. The third kappa shape index (κ3) is 4.09. The average Bonchev–Trinajstić information content (AvgIpc) is 2.30. The predicted molar refractivity (Wildman–Crippen MR) is 64.7 cm³/mol. The first-order valence-corrected chi connectivity index (χ1v) is 5.25. The van der Waals surface area contributed by atoms with Gasteiger partial charge in [-0.15, -0.1) is 0 Å². The van der Waals surface area contributed by atoms with E-state index in [4.69, 9.17) is 0 Å². The molecule has 1 aromatic rings. The number of nitrogens with zero attached hydrogens (tertiary/aromatic N) is 1. The molecular formula is C13H16N2O. The molecule has 0 saturated carbocycles. The molecule has 0 saturated heterocycles. The van der Waals surface area contributed by atoms with E-state index in [0.29, 0.717) is 0 Å². The maximum absolute atomic E-state index is 11.4. The summed E-state index contributed by atoms with van der Waals surface area (Å²) >= 11 is 0. The van der Waals surface area contributed by atoms with Gasteiger partial charge in [-0.3, -0.25) is 9.78 Å². The van der Waals surface area contributed by atoms with Crippen LogP contribution in [-0.4, -0.2) is 10.9 Å².